The van der Waals surface area contributed by atoms with Gasteiger partial charge in [-0.3, -0.25) is 9.59 Å². The second-order valence-corrected chi connectivity index (χ2v) is 9.15. The Morgan fingerprint density at radius 3 is 2.68 bits per heavy atom. The van der Waals surface area contributed by atoms with Crippen molar-refractivity contribution in [3.8, 4) is 0 Å². The Kier molecular flexibility index (Phi) is 3.96. The fraction of sp³-hybridized carbons (Fsp3) is 0.667. The van der Waals surface area contributed by atoms with Crippen LogP contribution in [0.2, 0.25) is 0 Å². The van der Waals surface area contributed by atoms with E-state index in [2.05, 4.69) is 0 Å². The number of allylic oxidation sites excluding steroid dienone is 4. The Hall–Kier alpha value is -2.02. The van der Waals surface area contributed by atoms with Crippen LogP contribution in [0.5, 0.6) is 0 Å². The minimum absolute atomic E-state index is 0.0925. The summed E-state index contributed by atoms with van der Waals surface area (Å²) in [6.45, 7) is 3.55. The van der Waals surface area contributed by atoms with Crippen molar-refractivity contribution in [2.75, 3.05) is 0 Å². The fourth-order valence-electron chi connectivity index (χ4n) is 6.88. The highest BCUT2D eigenvalue weighted by atomic mass is 19.1. The van der Waals surface area contributed by atoms with Gasteiger partial charge in [-0.1, -0.05) is 18.6 Å². The summed E-state index contributed by atoms with van der Waals surface area (Å²) in [5.74, 6) is -2.40. The lowest BCUT2D eigenvalue weighted by Crippen LogP contribution is -2.69. The van der Waals surface area contributed by atoms with E-state index in [0.717, 1.165) is 0 Å². The van der Waals surface area contributed by atoms with Gasteiger partial charge >= 0.3 is 5.97 Å². The van der Waals surface area contributed by atoms with Gasteiger partial charge in [0.2, 0.25) is 5.60 Å². The van der Waals surface area contributed by atoms with Crippen molar-refractivity contribution in [2.45, 2.75) is 63.3 Å². The van der Waals surface area contributed by atoms with Crippen molar-refractivity contribution in [1.29, 1.82) is 0 Å². The van der Waals surface area contributed by atoms with E-state index in [9.17, 15) is 24.6 Å². The Morgan fingerprint density at radius 2 is 2.04 bits per heavy atom. The lowest BCUT2D eigenvalue weighted by molar-refractivity contribution is -0.227. The molecule has 3 fully saturated rings. The number of hydrogen-bond donors (Lipinski definition) is 2. The quantitative estimate of drug-likeness (QED) is 0.715. The molecule has 0 spiro atoms. The van der Waals surface area contributed by atoms with Gasteiger partial charge in [0.1, 0.15) is 0 Å². The van der Waals surface area contributed by atoms with Crippen LogP contribution < -0.4 is 0 Å². The Labute approximate surface area is 162 Å². The largest absolute Gasteiger partial charge is 0.478 e. The molecule has 7 heteroatoms. The van der Waals surface area contributed by atoms with Crippen LogP contribution in [0.15, 0.2) is 23.8 Å². The average Bonchev–Trinajstić information content (AvgIpc) is 2.91. The molecule has 4 aliphatic rings. The Balaban J connectivity index is 1.83. The van der Waals surface area contributed by atoms with Gasteiger partial charge in [0.15, 0.2) is 11.5 Å². The number of aliphatic carboxylic acids is 1. The SMILES string of the molecule is C[C@]12C=CC(=O)C=C1CC[C@H]1[C@@H]3CC[C@](OC=O)(C(=O)O)[C@@]3(C)C[C@H](O)[C@@]12F. The number of rotatable bonds is 3. The Morgan fingerprint density at radius 1 is 1.32 bits per heavy atom. The van der Waals surface area contributed by atoms with Crippen molar-refractivity contribution in [2.24, 2.45) is 22.7 Å². The number of fused-ring (bicyclic) bond motifs is 5. The first-order chi connectivity index (χ1) is 13.1. The highest BCUT2D eigenvalue weighted by Gasteiger charge is 2.75. The summed E-state index contributed by atoms with van der Waals surface area (Å²) in [6.07, 6.45) is 4.21. The number of carbonyl (C=O) groups excluding carboxylic acids is 2. The van der Waals surface area contributed by atoms with E-state index in [4.69, 9.17) is 4.74 Å². The van der Waals surface area contributed by atoms with E-state index in [1.807, 2.05) is 0 Å². The number of aliphatic hydroxyl groups excluding tert-OH is 1. The number of ether oxygens (including phenoxy) is 1. The van der Waals surface area contributed by atoms with E-state index < -0.39 is 40.1 Å². The third kappa shape index (κ3) is 1.98. The third-order valence-corrected chi connectivity index (χ3v) is 8.36. The number of alkyl halides is 1. The molecular formula is C21H25FO6. The van der Waals surface area contributed by atoms with Crippen molar-refractivity contribution < 1.29 is 33.7 Å². The number of halogens is 1. The van der Waals surface area contributed by atoms with E-state index in [1.165, 1.54) is 12.2 Å². The molecular weight excluding hydrogens is 367 g/mol. The third-order valence-electron chi connectivity index (χ3n) is 8.36. The Bertz CT molecular complexity index is 820. The molecule has 0 aliphatic heterocycles. The van der Waals surface area contributed by atoms with Gasteiger partial charge in [-0.05, 0) is 57.1 Å². The van der Waals surface area contributed by atoms with Crippen molar-refractivity contribution in [3.05, 3.63) is 23.8 Å². The molecule has 0 saturated heterocycles. The maximum Gasteiger partial charge on any atom is 0.348 e. The van der Waals surface area contributed by atoms with Crippen LogP contribution in [0.3, 0.4) is 0 Å². The number of ketones is 1. The van der Waals surface area contributed by atoms with Crippen molar-refractivity contribution >= 4 is 18.2 Å². The van der Waals surface area contributed by atoms with Crippen molar-refractivity contribution in [3.63, 3.8) is 0 Å². The maximum atomic E-state index is 16.8. The number of carboxylic acids is 1. The number of hydrogen-bond acceptors (Lipinski definition) is 5. The van der Waals surface area contributed by atoms with Gasteiger partial charge < -0.3 is 14.9 Å². The summed E-state index contributed by atoms with van der Waals surface area (Å²) < 4.78 is 21.9. The van der Waals surface area contributed by atoms with Crippen LogP contribution in [0, 0.1) is 22.7 Å². The van der Waals surface area contributed by atoms with Gasteiger partial charge in [-0.25, -0.2) is 9.18 Å². The second-order valence-electron chi connectivity index (χ2n) is 9.15. The zero-order chi connectivity index (χ0) is 20.5. The first-order valence-corrected chi connectivity index (χ1v) is 9.73. The van der Waals surface area contributed by atoms with Crippen LogP contribution in [0.4, 0.5) is 4.39 Å². The molecule has 0 aromatic carbocycles. The lowest BCUT2D eigenvalue weighted by atomic mass is 9.45. The van der Waals surface area contributed by atoms with Gasteiger partial charge in [0.25, 0.3) is 6.47 Å². The topological polar surface area (TPSA) is 101 Å². The minimum Gasteiger partial charge on any atom is -0.478 e. The fourth-order valence-corrected chi connectivity index (χ4v) is 6.88. The predicted octanol–water partition coefficient (Wildman–Crippen LogP) is 2.35. The standard InChI is InChI=1S/C21H25FO6/c1-18-7-5-13(24)9-12(18)3-4-15-14-6-8-20(17(26)27,28-11-23)19(14,2)10-16(25)21(15,18)22/h5,7,9,11,14-16,25H,3-4,6,8,10H2,1-2H3,(H,26,27)/t14-,15-,16-,18-,19-,20-,21-/m0/s1. The summed E-state index contributed by atoms with van der Waals surface area (Å²) in [4.78, 5) is 35.1. The smallest absolute Gasteiger partial charge is 0.348 e. The molecule has 0 heterocycles. The molecule has 152 valence electrons. The van der Waals surface area contributed by atoms with Crippen molar-refractivity contribution in [1.82, 2.24) is 0 Å². The molecule has 0 amide bonds. The monoisotopic (exact) mass is 392 g/mol. The van der Waals surface area contributed by atoms with Crippen LogP contribution in [-0.4, -0.2) is 45.8 Å². The summed E-state index contributed by atoms with van der Waals surface area (Å²) in [7, 11) is 0. The molecule has 0 radical (unpaired) electrons. The normalized spacial score (nSPS) is 49.5. The first-order valence-electron chi connectivity index (χ1n) is 9.73. The molecule has 4 aliphatic carbocycles. The van der Waals surface area contributed by atoms with Gasteiger partial charge in [-0.15, -0.1) is 0 Å². The molecule has 28 heavy (non-hydrogen) atoms. The summed E-state index contributed by atoms with van der Waals surface area (Å²) in [5.41, 5.74) is -5.31. The molecule has 0 unspecified atom stereocenters. The van der Waals surface area contributed by atoms with Gasteiger partial charge in [0, 0.05) is 16.7 Å². The highest BCUT2D eigenvalue weighted by molar-refractivity contribution is 6.01. The zero-order valence-electron chi connectivity index (χ0n) is 16.0. The number of carbonyl (C=O) groups is 3. The van der Waals surface area contributed by atoms with E-state index >= 15 is 4.39 Å². The van der Waals surface area contributed by atoms with Crippen LogP contribution in [-0.2, 0) is 19.1 Å². The van der Waals surface area contributed by atoms with Crippen LogP contribution >= 0.6 is 0 Å². The second kappa shape index (κ2) is 5.75. The minimum atomic E-state index is -2.02. The van der Waals surface area contributed by atoms with E-state index in [1.54, 1.807) is 19.9 Å². The summed E-state index contributed by atoms with van der Waals surface area (Å²) in [6, 6.07) is 0. The molecule has 6 nitrogen and oxygen atoms in total. The van der Waals surface area contributed by atoms with Crippen LogP contribution in [0.25, 0.3) is 0 Å². The summed E-state index contributed by atoms with van der Waals surface area (Å²) in [5, 5.41) is 21.0. The lowest BCUT2D eigenvalue weighted by Gasteiger charge is -2.62. The van der Waals surface area contributed by atoms with Crippen LogP contribution in [0.1, 0.15) is 46.0 Å². The average molecular weight is 392 g/mol. The van der Waals surface area contributed by atoms with E-state index in [-0.39, 0.29) is 31.0 Å². The molecule has 2 N–H and O–H groups in total. The molecule has 0 aromatic heterocycles. The molecule has 7 atom stereocenters. The summed E-state index contributed by atoms with van der Waals surface area (Å²) >= 11 is 0. The number of carboxylic acid groups (broad SMARTS) is 1. The highest BCUT2D eigenvalue weighted by Crippen LogP contribution is 2.70. The van der Waals surface area contributed by atoms with Gasteiger partial charge in [-0.2, -0.15) is 0 Å². The van der Waals surface area contributed by atoms with E-state index in [0.29, 0.717) is 24.8 Å². The molecule has 0 bridgehead atoms. The van der Waals surface area contributed by atoms with Gasteiger partial charge in [0.05, 0.1) is 6.10 Å². The zero-order valence-corrected chi connectivity index (χ0v) is 16.0. The number of aliphatic hydroxyl groups is 1. The molecule has 3 saturated carbocycles. The molecule has 4 rings (SSSR count). The predicted molar refractivity (Wildman–Crippen MR) is 95.9 cm³/mol. The maximum absolute atomic E-state index is 16.8. The molecule has 0 aromatic rings. The first kappa shape index (κ1) is 19.3.